The third-order valence-corrected chi connectivity index (χ3v) is 6.68. The number of carbonyl (C=O) groups is 2. The predicted octanol–water partition coefficient (Wildman–Crippen LogP) is 3.75. The smallest absolute Gasteiger partial charge is 0.270 e. The lowest BCUT2D eigenvalue weighted by atomic mass is 9.96. The monoisotopic (exact) mass is 461 g/mol. The minimum atomic E-state index is -0.618. The number of nitrogens with one attached hydrogen (secondary N) is 2. The summed E-state index contributed by atoms with van der Waals surface area (Å²) in [4.78, 5) is 26.2. The molecule has 34 heavy (non-hydrogen) atoms. The maximum atomic E-state index is 13.3. The van der Waals surface area contributed by atoms with Gasteiger partial charge >= 0.3 is 0 Å². The van der Waals surface area contributed by atoms with Gasteiger partial charge < -0.3 is 15.8 Å². The first-order valence-corrected chi connectivity index (χ1v) is 11.8. The Morgan fingerprint density at radius 2 is 1.85 bits per heavy atom. The molecule has 8 heteroatoms. The molecule has 1 atom stereocenters. The van der Waals surface area contributed by atoms with Crippen LogP contribution in [0.5, 0.6) is 0 Å². The van der Waals surface area contributed by atoms with E-state index in [4.69, 9.17) is 0 Å². The topological polar surface area (TPSA) is 103 Å². The van der Waals surface area contributed by atoms with Crippen LogP contribution in [0.3, 0.4) is 0 Å². The van der Waals surface area contributed by atoms with Crippen LogP contribution in [-0.2, 0) is 11.3 Å². The number of aromatic nitrogens is 3. The van der Waals surface area contributed by atoms with Gasteiger partial charge in [-0.3, -0.25) is 14.3 Å². The van der Waals surface area contributed by atoms with Crippen LogP contribution in [0.2, 0.25) is 0 Å². The maximum Gasteiger partial charge on any atom is 0.270 e. The summed E-state index contributed by atoms with van der Waals surface area (Å²) in [6, 6.07) is 10.3. The summed E-state index contributed by atoms with van der Waals surface area (Å²) in [5.74, 6) is -0.411. The fourth-order valence-electron chi connectivity index (χ4n) is 4.83. The normalized spacial score (nSPS) is 14.7. The number of pyridine rings is 1. The summed E-state index contributed by atoms with van der Waals surface area (Å²) in [5.41, 5.74) is 4.53. The predicted molar refractivity (Wildman–Crippen MR) is 130 cm³/mol. The number of nitrogens with zero attached hydrogens (tertiary/aromatic N) is 3. The number of hydrogen-bond donors (Lipinski definition) is 2. The van der Waals surface area contributed by atoms with Crippen molar-refractivity contribution in [3.05, 3.63) is 71.0 Å². The summed E-state index contributed by atoms with van der Waals surface area (Å²) in [6.45, 7) is 6.26. The van der Waals surface area contributed by atoms with Crippen molar-refractivity contribution in [2.24, 2.45) is 5.92 Å². The van der Waals surface area contributed by atoms with E-state index >= 15 is 0 Å². The molecule has 178 valence electrons. The first kappa shape index (κ1) is 23.5. The molecule has 1 aliphatic carbocycles. The van der Waals surface area contributed by atoms with Gasteiger partial charge in [0.15, 0.2) is 11.9 Å². The van der Waals surface area contributed by atoms with Crippen LogP contribution in [0, 0.1) is 25.0 Å². The highest BCUT2D eigenvalue weighted by Crippen LogP contribution is 2.30. The highest BCUT2D eigenvalue weighted by Gasteiger charge is 2.33. The summed E-state index contributed by atoms with van der Waals surface area (Å²) in [6.07, 6.45) is 7.03. The van der Waals surface area contributed by atoms with E-state index in [9.17, 15) is 14.8 Å². The molecule has 0 spiro atoms. The van der Waals surface area contributed by atoms with E-state index < -0.39 is 6.04 Å². The number of carbonyl (C=O) groups excluding carboxylic acids is 2. The quantitative estimate of drug-likeness (QED) is 0.413. The van der Waals surface area contributed by atoms with Crippen molar-refractivity contribution in [3.8, 4) is 11.1 Å². The van der Waals surface area contributed by atoms with E-state index in [1.165, 1.54) is 6.20 Å². The third kappa shape index (κ3) is 4.81. The molecule has 4 rings (SSSR count). The number of aryl methyl sites for hydroxylation is 2. The average Bonchev–Trinajstić information content (AvgIpc) is 3.53. The number of amides is 2. The summed E-state index contributed by atoms with van der Waals surface area (Å²) < 4.78 is 2.48. The van der Waals surface area contributed by atoms with Crippen LogP contribution in [-0.4, -0.2) is 27.6 Å². The Morgan fingerprint density at radius 1 is 1.15 bits per heavy atom. The molecule has 2 amide bonds. The number of benzene rings is 1. The molecule has 0 radical (unpaired) electrons. The highest BCUT2D eigenvalue weighted by atomic mass is 16.5. The van der Waals surface area contributed by atoms with Crippen LogP contribution in [0.15, 0.2) is 48.8 Å². The Morgan fingerprint density at radius 3 is 2.53 bits per heavy atom. The molecule has 8 nitrogen and oxygen atoms in total. The van der Waals surface area contributed by atoms with Crippen LogP contribution >= 0.6 is 0 Å². The molecule has 2 aromatic heterocycles. The summed E-state index contributed by atoms with van der Waals surface area (Å²) in [7, 11) is 0. The van der Waals surface area contributed by atoms with Crippen molar-refractivity contribution in [3.63, 3.8) is 0 Å². The molecule has 1 aromatic carbocycles. The zero-order chi connectivity index (χ0) is 24.2. The first-order chi connectivity index (χ1) is 16.4. The lowest BCUT2D eigenvalue weighted by Gasteiger charge is -2.24. The fraction of sp³-hybridized carbons (Fsp3) is 0.385. The molecule has 1 fully saturated rings. The molecule has 0 aliphatic heterocycles. The van der Waals surface area contributed by atoms with Crippen LogP contribution in [0.25, 0.3) is 11.1 Å². The number of rotatable bonds is 7. The lowest BCUT2D eigenvalue weighted by molar-refractivity contribution is -0.611. The summed E-state index contributed by atoms with van der Waals surface area (Å²) >= 11 is 0. The SMILES string of the molecule is CCn1nccc1C(=O)N[C@H](C(=O)Nc1ccc(-c2c(C)cc[n+]([O-])c2C)cc1)C1CCCC1. The first-order valence-electron chi connectivity index (χ1n) is 11.8. The second-order valence-electron chi connectivity index (χ2n) is 8.88. The molecule has 1 saturated carbocycles. The third-order valence-electron chi connectivity index (χ3n) is 6.68. The van der Waals surface area contributed by atoms with Crippen LogP contribution < -0.4 is 15.4 Å². The van der Waals surface area contributed by atoms with Gasteiger partial charge in [-0.25, -0.2) is 0 Å². The molecule has 3 aromatic rings. The van der Waals surface area contributed by atoms with Crippen molar-refractivity contribution in [1.82, 2.24) is 15.1 Å². The van der Waals surface area contributed by atoms with Crippen molar-refractivity contribution in [2.75, 3.05) is 5.32 Å². The zero-order valence-electron chi connectivity index (χ0n) is 19.9. The maximum absolute atomic E-state index is 13.3. The van der Waals surface area contributed by atoms with Gasteiger partial charge in [-0.15, -0.1) is 0 Å². The average molecular weight is 462 g/mol. The van der Waals surface area contributed by atoms with Crippen molar-refractivity contribution in [2.45, 2.75) is 59.0 Å². The Labute approximate surface area is 199 Å². The standard InChI is InChI=1S/C26H31N5O3/c1-4-30-22(13-15-27-30)25(32)29-24(20-7-5-6-8-20)26(33)28-21-11-9-19(10-12-21)23-17(2)14-16-31(34)18(23)3/h9-16,20,24H,4-8H2,1-3H3,(H,28,33)(H,29,32)/t24-/m0/s1. The van der Waals surface area contributed by atoms with E-state index in [0.29, 0.717) is 23.6 Å². The Hall–Kier alpha value is -3.68. The van der Waals surface area contributed by atoms with Gasteiger partial charge in [-0.1, -0.05) is 25.0 Å². The summed E-state index contributed by atoms with van der Waals surface area (Å²) in [5, 5.41) is 22.1. The second-order valence-corrected chi connectivity index (χ2v) is 8.88. The van der Waals surface area contributed by atoms with Crippen molar-refractivity contribution < 1.29 is 14.3 Å². The van der Waals surface area contributed by atoms with Crippen LogP contribution in [0.1, 0.15) is 54.4 Å². The van der Waals surface area contributed by atoms with E-state index in [1.54, 1.807) is 29.9 Å². The van der Waals surface area contributed by atoms with Gasteiger partial charge in [0.2, 0.25) is 5.91 Å². The lowest BCUT2D eigenvalue weighted by Crippen LogP contribution is -2.48. The van der Waals surface area contributed by atoms with Gasteiger partial charge in [0.1, 0.15) is 11.7 Å². The highest BCUT2D eigenvalue weighted by molar-refractivity contribution is 6.00. The van der Waals surface area contributed by atoms with E-state index in [1.807, 2.05) is 38.1 Å². The minimum absolute atomic E-state index is 0.100. The van der Waals surface area contributed by atoms with Crippen molar-refractivity contribution in [1.29, 1.82) is 0 Å². The van der Waals surface area contributed by atoms with Gasteiger partial charge in [0.25, 0.3) is 5.91 Å². The molecule has 0 saturated heterocycles. The molecule has 2 N–H and O–H groups in total. The van der Waals surface area contributed by atoms with E-state index in [2.05, 4.69) is 15.7 Å². The molecule has 2 heterocycles. The Kier molecular flexibility index (Phi) is 6.95. The second kappa shape index (κ2) is 10.1. The largest absolute Gasteiger partial charge is 0.618 e. The van der Waals surface area contributed by atoms with E-state index in [0.717, 1.165) is 47.1 Å². The Balaban J connectivity index is 1.51. The molecule has 1 aliphatic rings. The molecule has 0 unspecified atom stereocenters. The van der Waals surface area contributed by atoms with E-state index in [-0.39, 0.29) is 17.7 Å². The van der Waals surface area contributed by atoms with Gasteiger partial charge in [0, 0.05) is 31.4 Å². The van der Waals surface area contributed by atoms with Gasteiger partial charge in [0.05, 0.1) is 5.56 Å². The zero-order valence-corrected chi connectivity index (χ0v) is 19.9. The van der Waals surface area contributed by atoms with Gasteiger partial charge in [-0.2, -0.15) is 9.83 Å². The minimum Gasteiger partial charge on any atom is -0.618 e. The van der Waals surface area contributed by atoms with Crippen LogP contribution in [0.4, 0.5) is 5.69 Å². The molecular formula is C26H31N5O3. The Bertz CT molecular complexity index is 1180. The molecular weight excluding hydrogens is 430 g/mol. The number of anilines is 1. The fourth-order valence-corrected chi connectivity index (χ4v) is 4.83. The van der Waals surface area contributed by atoms with Gasteiger partial charge in [-0.05, 0) is 61.9 Å². The van der Waals surface area contributed by atoms with Crippen molar-refractivity contribution >= 4 is 17.5 Å². The number of hydrogen-bond acceptors (Lipinski definition) is 4. The molecule has 0 bridgehead atoms.